The highest BCUT2D eigenvalue weighted by atomic mass is 15.0. The molecule has 2 N–H and O–H groups in total. The third kappa shape index (κ3) is 1.90. The fourth-order valence-electron chi connectivity index (χ4n) is 2.48. The summed E-state index contributed by atoms with van der Waals surface area (Å²) in [5.74, 6) is 1.70. The van der Waals surface area contributed by atoms with Crippen LogP contribution in [0.5, 0.6) is 0 Å². The number of fused-ring (bicyclic) bond motifs is 1. The van der Waals surface area contributed by atoms with Crippen LogP contribution in [0.3, 0.4) is 0 Å². The van der Waals surface area contributed by atoms with Crippen LogP contribution in [-0.2, 0) is 0 Å². The summed E-state index contributed by atoms with van der Waals surface area (Å²) in [6.45, 7) is 0. The van der Waals surface area contributed by atoms with E-state index in [1.807, 2.05) is 30.3 Å². The minimum Gasteiger partial charge on any atom is -0.384 e. The third-order valence-electron chi connectivity index (χ3n) is 3.65. The number of benzene rings is 1. The van der Waals surface area contributed by atoms with E-state index in [0.717, 1.165) is 22.2 Å². The van der Waals surface area contributed by atoms with Gasteiger partial charge in [-0.1, -0.05) is 24.3 Å². The molecule has 0 unspecified atom stereocenters. The smallest absolute Gasteiger partial charge is 0.181 e. The van der Waals surface area contributed by atoms with Gasteiger partial charge in [-0.25, -0.2) is 9.97 Å². The van der Waals surface area contributed by atoms with Gasteiger partial charge in [0.25, 0.3) is 0 Å². The van der Waals surface area contributed by atoms with Gasteiger partial charge in [0.05, 0.1) is 0 Å². The van der Waals surface area contributed by atoms with E-state index in [-0.39, 0.29) is 0 Å². The average Bonchev–Trinajstić information content (AvgIpc) is 3.30. The number of pyridine rings is 1. The SMILES string of the molecule is Nc1cc(C2CC2)nc(-c2nccc3ccccc23)n1. The molecular weight excluding hydrogens is 248 g/mol. The Balaban J connectivity index is 1.94. The van der Waals surface area contributed by atoms with Crippen molar-refractivity contribution in [1.82, 2.24) is 15.0 Å². The van der Waals surface area contributed by atoms with E-state index in [9.17, 15) is 0 Å². The first-order valence-electron chi connectivity index (χ1n) is 6.80. The van der Waals surface area contributed by atoms with E-state index >= 15 is 0 Å². The van der Waals surface area contributed by atoms with E-state index in [0.29, 0.717) is 17.6 Å². The summed E-state index contributed by atoms with van der Waals surface area (Å²) in [7, 11) is 0. The molecule has 0 radical (unpaired) electrons. The number of nitrogens with two attached hydrogens (primary N) is 1. The number of nitrogen functional groups attached to an aromatic ring is 1. The predicted molar refractivity (Wildman–Crippen MR) is 79.2 cm³/mol. The quantitative estimate of drug-likeness (QED) is 0.770. The standard InChI is InChI=1S/C16H14N4/c17-14-9-13(11-5-6-11)19-16(20-14)15-12-4-2-1-3-10(12)7-8-18-15/h1-4,7-9,11H,5-6H2,(H2,17,19,20). The molecule has 2 heterocycles. The Morgan fingerprint density at radius 1 is 1.05 bits per heavy atom. The molecule has 0 bridgehead atoms. The van der Waals surface area contributed by atoms with Crippen molar-refractivity contribution in [2.75, 3.05) is 5.73 Å². The van der Waals surface area contributed by atoms with Crippen molar-refractivity contribution in [1.29, 1.82) is 0 Å². The van der Waals surface area contributed by atoms with Gasteiger partial charge in [0, 0.05) is 29.3 Å². The van der Waals surface area contributed by atoms with Crippen molar-refractivity contribution >= 4 is 16.6 Å². The Morgan fingerprint density at radius 3 is 2.75 bits per heavy atom. The Bertz CT molecular complexity index is 788. The van der Waals surface area contributed by atoms with Crippen molar-refractivity contribution in [3.8, 4) is 11.5 Å². The number of hydrogen-bond donors (Lipinski definition) is 1. The normalized spacial score (nSPS) is 14.6. The van der Waals surface area contributed by atoms with Crippen LogP contribution in [0.25, 0.3) is 22.3 Å². The van der Waals surface area contributed by atoms with Gasteiger partial charge in [-0.3, -0.25) is 4.98 Å². The molecular formula is C16H14N4. The lowest BCUT2D eigenvalue weighted by atomic mass is 10.1. The zero-order chi connectivity index (χ0) is 13.5. The maximum Gasteiger partial charge on any atom is 0.181 e. The van der Waals surface area contributed by atoms with Gasteiger partial charge < -0.3 is 5.73 Å². The fourth-order valence-corrected chi connectivity index (χ4v) is 2.48. The predicted octanol–water partition coefficient (Wildman–Crippen LogP) is 3.15. The van der Waals surface area contributed by atoms with Crippen molar-refractivity contribution in [3.63, 3.8) is 0 Å². The van der Waals surface area contributed by atoms with Crippen LogP contribution < -0.4 is 5.73 Å². The Kier molecular flexibility index (Phi) is 2.42. The van der Waals surface area contributed by atoms with Crippen molar-refractivity contribution in [2.24, 2.45) is 0 Å². The van der Waals surface area contributed by atoms with E-state index in [4.69, 9.17) is 5.73 Å². The summed E-state index contributed by atoms with van der Waals surface area (Å²) in [6.07, 6.45) is 4.18. The van der Waals surface area contributed by atoms with Gasteiger partial charge in [-0.05, 0) is 24.3 Å². The molecule has 4 heteroatoms. The lowest BCUT2D eigenvalue weighted by Crippen LogP contribution is -2.01. The van der Waals surface area contributed by atoms with Crippen molar-refractivity contribution < 1.29 is 0 Å². The highest BCUT2D eigenvalue weighted by Crippen LogP contribution is 2.40. The molecule has 4 nitrogen and oxygen atoms in total. The molecule has 0 saturated heterocycles. The minimum atomic E-state index is 0.520. The summed E-state index contributed by atoms with van der Waals surface area (Å²) in [6, 6.07) is 12.0. The molecule has 0 atom stereocenters. The molecule has 0 aliphatic heterocycles. The van der Waals surface area contributed by atoms with E-state index in [1.165, 1.54) is 12.8 Å². The number of hydrogen-bond acceptors (Lipinski definition) is 4. The first-order chi connectivity index (χ1) is 9.81. The average molecular weight is 262 g/mol. The maximum atomic E-state index is 5.93. The van der Waals surface area contributed by atoms with Gasteiger partial charge >= 0.3 is 0 Å². The van der Waals surface area contributed by atoms with Crippen LogP contribution in [0.2, 0.25) is 0 Å². The summed E-state index contributed by atoms with van der Waals surface area (Å²) in [4.78, 5) is 13.5. The fraction of sp³-hybridized carbons (Fsp3) is 0.188. The second kappa shape index (κ2) is 4.27. The zero-order valence-electron chi connectivity index (χ0n) is 11.0. The molecule has 4 rings (SSSR count). The second-order valence-electron chi connectivity index (χ2n) is 5.20. The molecule has 1 aromatic carbocycles. The molecule has 1 fully saturated rings. The van der Waals surface area contributed by atoms with Gasteiger partial charge in [-0.15, -0.1) is 0 Å². The van der Waals surface area contributed by atoms with Crippen LogP contribution in [0, 0.1) is 0 Å². The number of aromatic nitrogens is 3. The van der Waals surface area contributed by atoms with Gasteiger partial charge in [0.1, 0.15) is 11.5 Å². The molecule has 3 aromatic rings. The molecule has 1 aliphatic rings. The monoisotopic (exact) mass is 262 g/mol. The molecule has 0 spiro atoms. The summed E-state index contributed by atoms with van der Waals surface area (Å²) < 4.78 is 0. The minimum absolute atomic E-state index is 0.520. The van der Waals surface area contributed by atoms with E-state index in [2.05, 4.69) is 21.0 Å². The summed E-state index contributed by atoms with van der Waals surface area (Å²) in [5.41, 5.74) is 7.77. The molecule has 1 saturated carbocycles. The largest absolute Gasteiger partial charge is 0.384 e. The second-order valence-corrected chi connectivity index (χ2v) is 5.20. The van der Waals surface area contributed by atoms with E-state index < -0.39 is 0 Å². The van der Waals surface area contributed by atoms with Crippen LogP contribution in [-0.4, -0.2) is 15.0 Å². The molecule has 2 aromatic heterocycles. The number of anilines is 1. The highest BCUT2D eigenvalue weighted by molar-refractivity contribution is 5.92. The number of nitrogens with zero attached hydrogens (tertiary/aromatic N) is 3. The lowest BCUT2D eigenvalue weighted by Gasteiger charge is -2.07. The molecule has 0 amide bonds. The van der Waals surface area contributed by atoms with Gasteiger partial charge in [0.2, 0.25) is 0 Å². The Hall–Kier alpha value is -2.49. The molecule has 20 heavy (non-hydrogen) atoms. The molecule has 98 valence electrons. The number of rotatable bonds is 2. The van der Waals surface area contributed by atoms with Crippen LogP contribution in [0.4, 0.5) is 5.82 Å². The van der Waals surface area contributed by atoms with E-state index in [1.54, 1.807) is 6.20 Å². The third-order valence-corrected chi connectivity index (χ3v) is 3.65. The van der Waals surface area contributed by atoms with Gasteiger partial charge in [-0.2, -0.15) is 0 Å². The Labute approximate surface area is 116 Å². The van der Waals surface area contributed by atoms with Crippen molar-refractivity contribution in [3.05, 3.63) is 48.3 Å². The van der Waals surface area contributed by atoms with Gasteiger partial charge in [0.15, 0.2) is 5.82 Å². The van der Waals surface area contributed by atoms with Crippen LogP contribution in [0.15, 0.2) is 42.6 Å². The topological polar surface area (TPSA) is 64.7 Å². The van der Waals surface area contributed by atoms with Crippen molar-refractivity contribution in [2.45, 2.75) is 18.8 Å². The van der Waals surface area contributed by atoms with Crippen LogP contribution in [0.1, 0.15) is 24.5 Å². The summed E-state index contributed by atoms with van der Waals surface area (Å²) >= 11 is 0. The first kappa shape index (κ1) is 11.3. The summed E-state index contributed by atoms with van der Waals surface area (Å²) in [5, 5.41) is 2.19. The maximum absolute atomic E-state index is 5.93. The Morgan fingerprint density at radius 2 is 1.90 bits per heavy atom. The highest BCUT2D eigenvalue weighted by Gasteiger charge is 2.26. The first-order valence-corrected chi connectivity index (χ1v) is 6.80. The lowest BCUT2D eigenvalue weighted by molar-refractivity contribution is 0.993. The molecule has 1 aliphatic carbocycles. The zero-order valence-corrected chi connectivity index (χ0v) is 11.0. The van der Waals surface area contributed by atoms with Crippen LogP contribution >= 0.6 is 0 Å².